The van der Waals surface area contributed by atoms with Gasteiger partial charge in [0.1, 0.15) is 24.6 Å². The number of nitrogens with zero attached hydrogens (tertiary/aromatic N) is 2. The van der Waals surface area contributed by atoms with Gasteiger partial charge in [0, 0.05) is 18.7 Å². The molecule has 0 unspecified atom stereocenters. The molecule has 0 saturated carbocycles. The Morgan fingerprint density at radius 1 is 1.08 bits per heavy atom. The highest BCUT2D eigenvalue weighted by Gasteiger charge is 2.34. The molecule has 1 saturated heterocycles. The van der Waals surface area contributed by atoms with Crippen LogP contribution in [-0.4, -0.2) is 67.9 Å². The van der Waals surface area contributed by atoms with E-state index >= 15 is 0 Å². The van der Waals surface area contributed by atoms with Crippen molar-refractivity contribution in [3.8, 4) is 11.5 Å². The van der Waals surface area contributed by atoms with E-state index in [1.165, 1.54) is 38.3 Å². The van der Waals surface area contributed by atoms with Crippen LogP contribution in [0.15, 0.2) is 18.2 Å². The fourth-order valence-corrected chi connectivity index (χ4v) is 2.14. The number of rotatable bonds is 5. The van der Waals surface area contributed by atoms with Crippen LogP contribution in [0.1, 0.15) is 10.4 Å². The molecule has 25 heavy (non-hydrogen) atoms. The monoisotopic (exact) mass is 350 g/mol. The largest absolute Gasteiger partial charge is 0.497 e. The zero-order valence-electron chi connectivity index (χ0n) is 14.0. The lowest BCUT2D eigenvalue weighted by Crippen LogP contribution is -2.47. The minimum absolute atomic E-state index is 0.0813. The third kappa shape index (κ3) is 4.16. The van der Waals surface area contributed by atoms with Gasteiger partial charge in [-0.05, 0) is 12.1 Å². The summed E-state index contributed by atoms with van der Waals surface area (Å²) in [6.07, 6.45) is 0. The van der Waals surface area contributed by atoms with Gasteiger partial charge in [0.15, 0.2) is 0 Å². The molecule has 5 amide bonds. The van der Waals surface area contributed by atoms with Gasteiger partial charge in [-0.2, -0.15) is 0 Å². The maximum Gasteiger partial charge on any atom is 0.327 e. The van der Waals surface area contributed by atoms with E-state index in [0.717, 1.165) is 4.90 Å². The maximum absolute atomic E-state index is 12.1. The highest BCUT2D eigenvalue weighted by atomic mass is 16.5. The second-order valence-corrected chi connectivity index (χ2v) is 5.22. The summed E-state index contributed by atoms with van der Waals surface area (Å²) in [7, 11) is 4.34. The number of nitrogens with one attached hydrogen (secondary N) is 2. The van der Waals surface area contributed by atoms with Crippen LogP contribution in [0.25, 0.3) is 0 Å². The normalized spacial score (nSPS) is 13.7. The van der Waals surface area contributed by atoms with Gasteiger partial charge >= 0.3 is 6.03 Å². The third-order valence-corrected chi connectivity index (χ3v) is 3.46. The molecule has 1 aliphatic heterocycles. The van der Waals surface area contributed by atoms with Crippen LogP contribution in [-0.2, 0) is 9.59 Å². The van der Waals surface area contributed by atoms with Crippen molar-refractivity contribution in [3.63, 3.8) is 0 Å². The van der Waals surface area contributed by atoms with Gasteiger partial charge in [0.2, 0.25) is 0 Å². The van der Waals surface area contributed by atoms with Gasteiger partial charge in [-0.3, -0.25) is 30.1 Å². The molecule has 1 aromatic rings. The number of benzene rings is 1. The Kier molecular flexibility index (Phi) is 5.42. The Morgan fingerprint density at radius 2 is 1.68 bits per heavy atom. The highest BCUT2D eigenvalue weighted by Crippen LogP contribution is 2.22. The van der Waals surface area contributed by atoms with E-state index in [1.807, 2.05) is 0 Å². The summed E-state index contributed by atoms with van der Waals surface area (Å²) >= 11 is 0. The molecule has 2 rings (SSSR count). The summed E-state index contributed by atoms with van der Waals surface area (Å²) < 4.78 is 10.1. The fraction of sp³-hybridized carbons (Fsp3) is 0.333. The van der Waals surface area contributed by atoms with E-state index in [2.05, 4.69) is 10.9 Å². The van der Waals surface area contributed by atoms with E-state index in [4.69, 9.17) is 9.47 Å². The van der Waals surface area contributed by atoms with Crippen LogP contribution in [0.3, 0.4) is 0 Å². The van der Waals surface area contributed by atoms with Crippen LogP contribution in [0.5, 0.6) is 11.5 Å². The Balaban J connectivity index is 1.94. The van der Waals surface area contributed by atoms with Crippen molar-refractivity contribution in [3.05, 3.63) is 23.8 Å². The van der Waals surface area contributed by atoms with Gasteiger partial charge in [0.05, 0.1) is 14.2 Å². The minimum atomic E-state index is -0.708. The van der Waals surface area contributed by atoms with E-state index in [-0.39, 0.29) is 12.1 Å². The number of methoxy groups -OCH3 is 2. The van der Waals surface area contributed by atoms with Crippen LogP contribution < -0.4 is 20.3 Å². The van der Waals surface area contributed by atoms with Crippen molar-refractivity contribution < 1.29 is 28.7 Å². The average Bonchev–Trinajstić information content (AvgIpc) is 2.85. The number of hydrogen-bond acceptors (Lipinski definition) is 6. The zero-order valence-corrected chi connectivity index (χ0v) is 14.0. The van der Waals surface area contributed by atoms with Crippen LogP contribution in [0.4, 0.5) is 4.79 Å². The van der Waals surface area contributed by atoms with E-state index in [1.54, 1.807) is 6.07 Å². The van der Waals surface area contributed by atoms with Gasteiger partial charge < -0.3 is 14.4 Å². The summed E-state index contributed by atoms with van der Waals surface area (Å²) in [4.78, 5) is 49.2. The zero-order chi connectivity index (χ0) is 18.6. The van der Waals surface area contributed by atoms with Crippen molar-refractivity contribution in [1.82, 2.24) is 20.7 Å². The number of likely N-dealkylation sites (N-methyl/N-ethyl adjacent to an activating group) is 1. The predicted molar refractivity (Wildman–Crippen MR) is 84.9 cm³/mol. The molecule has 1 fully saturated rings. The number of carbonyl (C=O) groups is 4. The Bertz CT molecular complexity index is 698. The molecule has 1 heterocycles. The Hall–Kier alpha value is -3.30. The highest BCUT2D eigenvalue weighted by molar-refractivity contribution is 6.04. The number of imide groups is 1. The topological polar surface area (TPSA) is 117 Å². The van der Waals surface area contributed by atoms with Crippen LogP contribution in [0.2, 0.25) is 0 Å². The van der Waals surface area contributed by atoms with Crippen LogP contribution >= 0.6 is 0 Å². The number of urea groups is 1. The van der Waals surface area contributed by atoms with Gasteiger partial charge in [-0.1, -0.05) is 0 Å². The van der Waals surface area contributed by atoms with Crippen molar-refractivity contribution in [2.45, 2.75) is 0 Å². The lowest BCUT2D eigenvalue weighted by molar-refractivity contribution is -0.131. The second-order valence-electron chi connectivity index (χ2n) is 5.22. The fourth-order valence-electron chi connectivity index (χ4n) is 2.14. The van der Waals surface area contributed by atoms with Crippen molar-refractivity contribution in [1.29, 1.82) is 0 Å². The number of ether oxygens (including phenoxy) is 2. The molecule has 0 atom stereocenters. The smallest absolute Gasteiger partial charge is 0.327 e. The maximum atomic E-state index is 12.1. The second kappa shape index (κ2) is 7.51. The summed E-state index contributed by atoms with van der Waals surface area (Å²) in [5.74, 6) is -0.979. The minimum Gasteiger partial charge on any atom is -0.497 e. The molecule has 0 spiro atoms. The molecule has 0 radical (unpaired) electrons. The number of amides is 5. The summed E-state index contributed by atoms with van der Waals surface area (Å²) in [6.45, 7) is -0.564. The lowest BCUT2D eigenvalue weighted by Gasteiger charge is -2.14. The SMILES string of the molecule is COc1cc(OC)cc(C(=O)NNC(=O)CN2C(=O)CN(C)C2=O)c1. The Morgan fingerprint density at radius 3 is 2.16 bits per heavy atom. The first-order chi connectivity index (χ1) is 11.8. The molecule has 1 aliphatic rings. The molecule has 134 valence electrons. The number of hydrazine groups is 1. The lowest BCUT2D eigenvalue weighted by atomic mass is 10.2. The van der Waals surface area contributed by atoms with Crippen molar-refractivity contribution in [2.75, 3.05) is 34.4 Å². The molecular formula is C15H18N4O6. The van der Waals surface area contributed by atoms with Gasteiger partial charge in [-0.15, -0.1) is 0 Å². The van der Waals surface area contributed by atoms with Crippen LogP contribution in [0, 0.1) is 0 Å². The van der Waals surface area contributed by atoms with E-state index < -0.39 is 30.3 Å². The average molecular weight is 350 g/mol. The summed E-state index contributed by atoms with van der Waals surface area (Å²) in [5.41, 5.74) is 4.56. The Labute approximate surface area is 143 Å². The standard InChI is InChI=1S/C15H18N4O6/c1-18-8-13(21)19(15(18)23)7-12(20)16-17-14(22)9-4-10(24-2)6-11(5-9)25-3/h4-6H,7-8H2,1-3H3,(H,16,20)(H,17,22). The van der Waals surface area contributed by atoms with Gasteiger partial charge in [0.25, 0.3) is 17.7 Å². The van der Waals surface area contributed by atoms with Crippen molar-refractivity contribution >= 4 is 23.8 Å². The predicted octanol–water partition coefficient (Wildman–Crippen LogP) is -0.641. The van der Waals surface area contributed by atoms with Gasteiger partial charge in [-0.25, -0.2) is 4.79 Å². The number of hydrogen-bond donors (Lipinski definition) is 2. The molecule has 2 N–H and O–H groups in total. The first-order valence-corrected chi connectivity index (χ1v) is 7.23. The quantitative estimate of drug-likeness (QED) is 0.539. The van der Waals surface area contributed by atoms with E-state index in [0.29, 0.717) is 11.5 Å². The molecule has 0 aliphatic carbocycles. The molecule has 10 heteroatoms. The molecule has 0 bridgehead atoms. The molecule has 1 aromatic carbocycles. The molecule has 0 aromatic heterocycles. The summed E-state index contributed by atoms with van der Waals surface area (Å²) in [6, 6.07) is 3.96. The van der Waals surface area contributed by atoms with E-state index in [9.17, 15) is 19.2 Å². The third-order valence-electron chi connectivity index (χ3n) is 3.46. The first-order valence-electron chi connectivity index (χ1n) is 7.23. The molecule has 10 nitrogen and oxygen atoms in total. The molecular weight excluding hydrogens is 332 g/mol. The summed E-state index contributed by atoms with van der Waals surface area (Å²) in [5, 5.41) is 0. The number of carbonyl (C=O) groups excluding carboxylic acids is 4. The van der Waals surface area contributed by atoms with Crippen molar-refractivity contribution in [2.24, 2.45) is 0 Å². The first kappa shape index (κ1) is 18.0.